The summed E-state index contributed by atoms with van der Waals surface area (Å²) in [6.45, 7) is 3.56. The number of rotatable bonds is 6. The summed E-state index contributed by atoms with van der Waals surface area (Å²) < 4.78 is 17.0. The summed E-state index contributed by atoms with van der Waals surface area (Å²) >= 11 is 0. The highest BCUT2D eigenvalue weighted by molar-refractivity contribution is 5.92. The summed E-state index contributed by atoms with van der Waals surface area (Å²) in [6, 6.07) is 16.2. The van der Waals surface area contributed by atoms with Crippen molar-refractivity contribution in [2.75, 3.05) is 11.9 Å². The Balaban J connectivity index is 1.68. The molecule has 2 aromatic heterocycles. The van der Waals surface area contributed by atoms with E-state index >= 15 is 0 Å². The van der Waals surface area contributed by atoms with E-state index in [2.05, 4.69) is 5.32 Å². The molecule has 0 unspecified atom stereocenters. The molecule has 1 N–H and O–H groups in total. The summed E-state index contributed by atoms with van der Waals surface area (Å²) in [5.41, 5.74) is 2.71. The normalized spacial score (nSPS) is 10.9. The van der Waals surface area contributed by atoms with E-state index in [1.807, 2.05) is 38.1 Å². The molecular formula is C24H21NO5. The Hall–Kier alpha value is -3.80. The van der Waals surface area contributed by atoms with Gasteiger partial charge >= 0.3 is 0 Å². The summed E-state index contributed by atoms with van der Waals surface area (Å²) in [6.07, 6.45) is 2.26. The van der Waals surface area contributed by atoms with Crippen LogP contribution in [0.2, 0.25) is 0 Å². The molecule has 6 heteroatoms. The molecule has 0 saturated heterocycles. The quantitative estimate of drug-likeness (QED) is 0.493. The number of amides is 1. The third-order valence-electron chi connectivity index (χ3n) is 4.83. The maximum atomic E-state index is 13.2. The molecule has 0 aliphatic carbocycles. The van der Waals surface area contributed by atoms with E-state index in [4.69, 9.17) is 13.6 Å². The fourth-order valence-corrected chi connectivity index (χ4v) is 3.18. The van der Waals surface area contributed by atoms with Gasteiger partial charge in [0.05, 0.1) is 11.6 Å². The van der Waals surface area contributed by atoms with E-state index in [-0.39, 0.29) is 29.5 Å². The molecule has 0 aliphatic rings. The highest BCUT2D eigenvalue weighted by Gasteiger charge is 2.21. The number of anilines is 1. The van der Waals surface area contributed by atoms with E-state index in [1.54, 1.807) is 30.3 Å². The molecule has 0 bridgehead atoms. The molecule has 0 aliphatic heterocycles. The number of ether oxygens (including phenoxy) is 1. The van der Waals surface area contributed by atoms with Crippen molar-refractivity contribution >= 4 is 22.6 Å². The number of furan rings is 1. The second-order valence-corrected chi connectivity index (χ2v) is 6.90. The van der Waals surface area contributed by atoms with Crippen LogP contribution in [0.3, 0.4) is 0 Å². The smallest absolute Gasteiger partial charge is 0.262 e. The second kappa shape index (κ2) is 8.29. The van der Waals surface area contributed by atoms with E-state index in [0.717, 1.165) is 17.5 Å². The number of hydrogen-bond acceptors (Lipinski definition) is 5. The Bertz CT molecular complexity index is 1250. The van der Waals surface area contributed by atoms with Crippen molar-refractivity contribution in [3.05, 3.63) is 82.2 Å². The standard InChI is InChI=1S/C24H21NO5/c1-3-16-10-11-19-17(13-16)22(27)24(23(30-19)20-9-6-12-28-20)29-14-21(26)25-18-8-5-4-7-15(18)2/h4-13H,3,14H2,1-2H3,(H,25,26). The van der Waals surface area contributed by atoms with Crippen LogP contribution in [-0.4, -0.2) is 12.5 Å². The van der Waals surface area contributed by atoms with Crippen LogP contribution in [0.1, 0.15) is 18.1 Å². The predicted molar refractivity (Wildman–Crippen MR) is 115 cm³/mol. The van der Waals surface area contributed by atoms with Crippen LogP contribution in [0.4, 0.5) is 5.69 Å². The van der Waals surface area contributed by atoms with Crippen LogP contribution in [-0.2, 0) is 11.2 Å². The fraction of sp³-hybridized carbons (Fsp3) is 0.167. The zero-order valence-corrected chi connectivity index (χ0v) is 16.7. The minimum atomic E-state index is -0.378. The Labute approximate surface area is 173 Å². The Morgan fingerprint density at radius 3 is 2.67 bits per heavy atom. The lowest BCUT2D eigenvalue weighted by atomic mass is 10.1. The van der Waals surface area contributed by atoms with E-state index in [9.17, 15) is 9.59 Å². The first-order valence-electron chi connectivity index (χ1n) is 9.68. The summed E-state index contributed by atoms with van der Waals surface area (Å²) in [7, 11) is 0. The number of carbonyl (C=O) groups is 1. The van der Waals surface area contributed by atoms with Gasteiger partial charge in [-0.1, -0.05) is 31.2 Å². The lowest BCUT2D eigenvalue weighted by Crippen LogP contribution is -2.23. The van der Waals surface area contributed by atoms with Crippen molar-refractivity contribution < 1.29 is 18.4 Å². The lowest BCUT2D eigenvalue weighted by Gasteiger charge is -2.12. The molecule has 2 heterocycles. The van der Waals surface area contributed by atoms with Gasteiger partial charge in [0, 0.05) is 5.69 Å². The van der Waals surface area contributed by atoms with Crippen LogP contribution in [0.25, 0.3) is 22.5 Å². The van der Waals surface area contributed by atoms with Gasteiger partial charge in [-0.2, -0.15) is 0 Å². The number of para-hydroxylation sites is 1. The molecule has 152 valence electrons. The molecule has 0 radical (unpaired) electrons. The van der Waals surface area contributed by atoms with Gasteiger partial charge in [-0.3, -0.25) is 9.59 Å². The SMILES string of the molecule is CCc1ccc2oc(-c3ccco3)c(OCC(=O)Nc3ccccc3C)c(=O)c2c1. The minimum Gasteiger partial charge on any atom is -0.476 e. The lowest BCUT2D eigenvalue weighted by molar-refractivity contribution is -0.118. The zero-order chi connectivity index (χ0) is 21.1. The maximum Gasteiger partial charge on any atom is 0.262 e. The molecule has 0 atom stereocenters. The number of carbonyl (C=O) groups excluding carboxylic acids is 1. The molecular weight excluding hydrogens is 382 g/mol. The number of aryl methyl sites for hydroxylation is 2. The molecule has 30 heavy (non-hydrogen) atoms. The average molecular weight is 403 g/mol. The predicted octanol–water partition coefficient (Wildman–Crippen LogP) is 4.94. The van der Waals surface area contributed by atoms with Gasteiger partial charge in [-0.25, -0.2) is 0 Å². The van der Waals surface area contributed by atoms with Crippen LogP contribution < -0.4 is 15.5 Å². The first kappa shape index (κ1) is 19.5. The highest BCUT2D eigenvalue weighted by Crippen LogP contribution is 2.31. The van der Waals surface area contributed by atoms with Crippen molar-refractivity contribution in [1.82, 2.24) is 0 Å². The van der Waals surface area contributed by atoms with Crippen LogP contribution in [0.5, 0.6) is 5.75 Å². The first-order chi connectivity index (χ1) is 14.6. The number of hydrogen-bond donors (Lipinski definition) is 1. The van der Waals surface area contributed by atoms with Crippen molar-refractivity contribution in [3.63, 3.8) is 0 Å². The number of nitrogens with one attached hydrogen (secondary N) is 1. The van der Waals surface area contributed by atoms with Crippen LogP contribution in [0, 0.1) is 6.92 Å². The molecule has 0 fully saturated rings. The molecule has 0 spiro atoms. The molecule has 6 nitrogen and oxygen atoms in total. The van der Waals surface area contributed by atoms with Gasteiger partial charge in [0.1, 0.15) is 5.58 Å². The van der Waals surface area contributed by atoms with Crippen molar-refractivity contribution in [3.8, 4) is 17.3 Å². The molecule has 4 rings (SSSR count). The Kier molecular flexibility index (Phi) is 5.39. The minimum absolute atomic E-state index is 0.0503. The van der Waals surface area contributed by atoms with Crippen molar-refractivity contribution in [2.45, 2.75) is 20.3 Å². The van der Waals surface area contributed by atoms with Crippen LogP contribution in [0.15, 0.2) is 74.5 Å². The highest BCUT2D eigenvalue weighted by atomic mass is 16.5. The van der Waals surface area contributed by atoms with Gasteiger partial charge in [-0.15, -0.1) is 0 Å². The number of fused-ring (bicyclic) bond motifs is 1. The molecule has 1 amide bonds. The third kappa shape index (κ3) is 3.85. The molecule has 0 saturated carbocycles. The fourth-order valence-electron chi connectivity index (χ4n) is 3.18. The summed E-state index contributed by atoms with van der Waals surface area (Å²) in [4.78, 5) is 25.6. The van der Waals surface area contributed by atoms with Crippen LogP contribution >= 0.6 is 0 Å². The summed E-state index contributed by atoms with van der Waals surface area (Å²) in [5.74, 6) is 0.0791. The average Bonchev–Trinajstić information content (AvgIpc) is 3.29. The summed E-state index contributed by atoms with van der Waals surface area (Å²) in [5, 5.41) is 3.19. The van der Waals surface area contributed by atoms with Crippen molar-refractivity contribution in [2.24, 2.45) is 0 Å². The second-order valence-electron chi connectivity index (χ2n) is 6.90. The Morgan fingerprint density at radius 2 is 1.93 bits per heavy atom. The van der Waals surface area contributed by atoms with E-state index < -0.39 is 0 Å². The van der Waals surface area contributed by atoms with Gasteiger partial charge in [-0.05, 0) is 54.8 Å². The number of benzene rings is 2. The maximum absolute atomic E-state index is 13.2. The molecule has 2 aromatic carbocycles. The Morgan fingerprint density at radius 1 is 1.10 bits per heavy atom. The topological polar surface area (TPSA) is 81.7 Å². The van der Waals surface area contributed by atoms with Crippen molar-refractivity contribution in [1.29, 1.82) is 0 Å². The molecule has 4 aromatic rings. The monoisotopic (exact) mass is 403 g/mol. The van der Waals surface area contributed by atoms with Gasteiger partial charge in [0.2, 0.25) is 16.9 Å². The van der Waals surface area contributed by atoms with E-state index in [1.165, 1.54) is 6.26 Å². The first-order valence-corrected chi connectivity index (χ1v) is 9.68. The largest absolute Gasteiger partial charge is 0.476 e. The third-order valence-corrected chi connectivity index (χ3v) is 4.83. The van der Waals surface area contributed by atoms with Gasteiger partial charge < -0.3 is 18.9 Å². The zero-order valence-electron chi connectivity index (χ0n) is 16.7. The van der Waals surface area contributed by atoms with Gasteiger partial charge in [0.15, 0.2) is 12.4 Å². The van der Waals surface area contributed by atoms with E-state index in [0.29, 0.717) is 22.4 Å². The van der Waals surface area contributed by atoms with Gasteiger partial charge in [0.25, 0.3) is 5.91 Å².